The van der Waals surface area contributed by atoms with Crippen molar-refractivity contribution in [2.45, 2.75) is 28.5 Å². The Bertz CT molecular complexity index is 877. The number of hydrogen-bond acceptors (Lipinski definition) is 4. The number of benzene rings is 2. The van der Waals surface area contributed by atoms with Crippen molar-refractivity contribution in [2.24, 2.45) is 0 Å². The summed E-state index contributed by atoms with van der Waals surface area (Å²) < 4.78 is 52.0. The average Bonchev–Trinajstić information content (AvgIpc) is 2.56. The summed E-state index contributed by atoms with van der Waals surface area (Å²) >= 11 is 6.02. The number of sulfonamides is 1. The fraction of sp³-hybridized carbons (Fsp3) is 0.188. The fourth-order valence-electron chi connectivity index (χ4n) is 1.98. The highest BCUT2D eigenvalue weighted by Gasteiger charge is 2.23. The molecule has 1 amide bonds. The minimum absolute atomic E-state index is 0.0461. The molecule has 0 radical (unpaired) electrons. The molecule has 0 saturated carbocycles. The number of amides is 1. The van der Waals surface area contributed by atoms with E-state index in [1.54, 1.807) is 12.1 Å². The van der Waals surface area contributed by atoms with Crippen LogP contribution in [0.25, 0.3) is 0 Å². The van der Waals surface area contributed by atoms with Gasteiger partial charge >= 0.3 is 0 Å². The van der Waals surface area contributed by atoms with Gasteiger partial charge in [-0.1, -0.05) is 35.5 Å². The van der Waals surface area contributed by atoms with E-state index in [4.69, 9.17) is 11.6 Å². The Labute approximate surface area is 159 Å². The molecule has 2 rings (SSSR count). The Hall–Kier alpha value is -1.68. The average molecular weight is 421 g/mol. The molecule has 0 aromatic heterocycles. The number of rotatable bonds is 7. The smallest absolute Gasteiger partial charge is 0.288 e. The minimum atomic E-state index is -3.94. The van der Waals surface area contributed by atoms with Crippen molar-refractivity contribution >= 4 is 45.0 Å². The molecule has 26 heavy (non-hydrogen) atoms. The standard InChI is InChI=1S/C16H15ClF2N2O3S2/c1-10(21-26(23,24)12-8-6-11(17)7-9-12)15(22)20-13-4-2-3-5-14(13)25-16(18)19/h2-10,16,21H,1H3,(H,20,22)/t10-/m0/s1. The van der Waals surface area contributed by atoms with Gasteiger partial charge in [-0.15, -0.1) is 0 Å². The monoisotopic (exact) mass is 420 g/mol. The second-order valence-corrected chi connectivity index (χ2v) is 8.34. The predicted molar refractivity (Wildman–Crippen MR) is 98.2 cm³/mol. The fourth-order valence-corrected chi connectivity index (χ4v) is 3.90. The number of carbonyl (C=O) groups is 1. The van der Waals surface area contributed by atoms with Gasteiger partial charge in [-0.3, -0.25) is 4.79 Å². The van der Waals surface area contributed by atoms with Crippen LogP contribution in [0.3, 0.4) is 0 Å². The van der Waals surface area contributed by atoms with Gasteiger partial charge in [0, 0.05) is 9.92 Å². The van der Waals surface area contributed by atoms with E-state index >= 15 is 0 Å². The van der Waals surface area contributed by atoms with E-state index in [0.29, 0.717) is 16.8 Å². The third-order valence-electron chi connectivity index (χ3n) is 3.21. The summed E-state index contributed by atoms with van der Waals surface area (Å²) in [6.07, 6.45) is 0. The van der Waals surface area contributed by atoms with Crippen LogP contribution in [0.4, 0.5) is 14.5 Å². The summed E-state index contributed by atoms with van der Waals surface area (Å²) in [5, 5.41) is 2.84. The normalized spacial score (nSPS) is 12.8. The van der Waals surface area contributed by atoms with Crippen LogP contribution in [-0.4, -0.2) is 26.1 Å². The molecule has 5 nitrogen and oxygen atoms in total. The minimum Gasteiger partial charge on any atom is -0.324 e. The van der Waals surface area contributed by atoms with Gasteiger partial charge in [0.2, 0.25) is 15.9 Å². The van der Waals surface area contributed by atoms with Crippen molar-refractivity contribution in [3.8, 4) is 0 Å². The van der Waals surface area contributed by atoms with Crippen LogP contribution in [-0.2, 0) is 14.8 Å². The Balaban J connectivity index is 2.09. The van der Waals surface area contributed by atoms with E-state index < -0.39 is 27.7 Å². The maximum Gasteiger partial charge on any atom is 0.288 e. The van der Waals surface area contributed by atoms with Crippen molar-refractivity contribution in [2.75, 3.05) is 5.32 Å². The summed E-state index contributed by atoms with van der Waals surface area (Å²) in [6.45, 7) is 1.35. The highest BCUT2D eigenvalue weighted by molar-refractivity contribution is 7.99. The maximum atomic E-state index is 12.6. The number of anilines is 1. The molecule has 0 spiro atoms. The number of thioether (sulfide) groups is 1. The lowest BCUT2D eigenvalue weighted by molar-refractivity contribution is -0.117. The van der Waals surface area contributed by atoms with Crippen molar-refractivity contribution in [3.63, 3.8) is 0 Å². The first-order chi connectivity index (χ1) is 12.2. The first-order valence-corrected chi connectivity index (χ1v) is 10.1. The number of carbonyl (C=O) groups excluding carboxylic acids is 1. The Kier molecular flexibility index (Phi) is 6.99. The molecule has 0 unspecified atom stereocenters. The van der Waals surface area contributed by atoms with Crippen molar-refractivity contribution in [3.05, 3.63) is 53.6 Å². The molecule has 2 aromatic rings. The molecule has 2 N–H and O–H groups in total. The molecule has 0 bridgehead atoms. The molecule has 0 aliphatic carbocycles. The summed E-state index contributed by atoms with van der Waals surface area (Å²) in [5.41, 5.74) is 0.181. The van der Waals surface area contributed by atoms with E-state index in [1.807, 2.05) is 0 Å². The summed E-state index contributed by atoms with van der Waals surface area (Å²) in [5.74, 6) is -3.32. The number of nitrogens with one attached hydrogen (secondary N) is 2. The Morgan fingerprint density at radius 2 is 1.73 bits per heavy atom. The number of alkyl halides is 2. The van der Waals surface area contributed by atoms with E-state index in [0.717, 1.165) is 0 Å². The van der Waals surface area contributed by atoms with Gasteiger partial charge in [0.1, 0.15) is 0 Å². The van der Waals surface area contributed by atoms with Gasteiger partial charge in [0.25, 0.3) is 5.76 Å². The quantitative estimate of drug-likeness (QED) is 0.665. The van der Waals surface area contributed by atoms with E-state index in [2.05, 4.69) is 10.0 Å². The second kappa shape index (κ2) is 8.81. The molecule has 0 aliphatic rings. The van der Waals surface area contributed by atoms with E-state index in [-0.39, 0.29) is 15.5 Å². The third-order valence-corrected chi connectivity index (χ3v) is 5.81. The summed E-state index contributed by atoms with van der Waals surface area (Å²) in [6, 6.07) is 10.4. The van der Waals surface area contributed by atoms with Crippen LogP contribution < -0.4 is 10.0 Å². The Morgan fingerprint density at radius 1 is 1.12 bits per heavy atom. The largest absolute Gasteiger partial charge is 0.324 e. The molecule has 10 heteroatoms. The molecule has 1 atom stereocenters. The molecule has 0 saturated heterocycles. The first-order valence-electron chi connectivity index (χ1n) is 7.31. The van der Waals surface area contributed by atoms with Crippen molar-refractivity contribution in [1.29, 1.82) is 0 Å². The molecule has 0 heterocycles. The topological polar surface area (TPSA) is 75.3 Å². The SMILES string of the molecule is C[C@H](NS(=O)(=O)c1ccc(Cl)cc1)C(=O)Nc1ccccc1SC(F)F. The molecule has 0 fully saturated rings. The highest BCUT2D eigenvalue weighted by Crippen LogP contribution is 2.31. The summed E-state index contributed by atoms with van der Waals surface area (Å²) in [7, 11) is -3.94. The lowest BCUT2D eigenvalue weighted by Crippen LogP contribution is -2.41. The number of halogens is 3. The maximum absolute atomic E-state index is 12.6. The van der Waals surface area contributed by atoms with Crippen molar-refractivity contribution < 1.29 is 22.0 Å². The summed E-state index contributed by atoms with van der Waals surface area (Å²) in [4.78, 5) is 12.4. The van der Waals surface area contributed by atoms with Gasteiger partial charge < -0.3 is 5.32 Å². The second-order valence-electron chi connectivity index (χ2n) is 5.16. The van der Waals surface area contributed by atoms with E-state index in [9.17, 15) is 22.0 Å². The Morgan fingerprint density at radius 3 is 2.35 bits per heavy atom. The number of hydrogen-bond donors (Lipinski definition) is 2. The third kappa shape index (κ3) is 5.66. The van der Waals surface area contributed by atoms with Gasteiger partial charge in [0.05, 0.1) is 16.6 Å². The lowest BCUT2D eigenvalue weighted by atomic mass is 10.3. The molecular weight excluding hydrogens is 406 g/mol. The van der Waals surface area contributed by atoms with Crippen LogP contribution in [0, 0.1) is 0 Å². The zero-order chi connectivity index (χ0) is 19.3. The molecular formula is C16H15ClF2N2O3S2. The molecule has 2 aromatic carbocycles. The van der Waals surface area contributed by atoms with Crippen LogP contribution in [0.5, 0.6) is 0 Å². The van der Waals surface area contributed by atoms with Crippen molar-refractivity contribution in [1.82, 2.24) is 4.72 Å². The van der Waals surface area contributed by atoms with Gasteiger partial charge in [-0.05, 0) is 43.3 Å². The van der Waals surface area contributed by atoms with Gasteiger partial charge in [-0.25, -0.2) is 8.42 Å². The zero-order valence-corrected chi connectivity index (χ0v) is 15.8. The van der Waals surface area contributed by atoms with Crippen LogP contribution in [0.2, 0.25) is 5.02 Å². The van der Waals surface area contributed by atoms with Gasteiger partial charge in [0.15, 0.2) is 0 Å². The van der Waals surface area contributed by atoms with E-state index in [1.165, 1.54) is 43.3 Å². The lowest BCUT2D eigenvalue weighted by Gasteiger charge is -2.16. The van der Waals surface area contributed by atoms with Gasteiger partial charge in [-0.2, -0.15) is 13.5 Å². The predicted octanol–water partition coefficient (Wildman–Crippen LogP) is 3.96. The molecule has 0 aliphatic heterocycles. The van der Waals surface area contributed by atoms with Crippen LogP contribution in [0.1, 0.15) is 6.92 Å². The number of para-hydroxylation sites is 1. The first kappa shape index (κ1) is 20.6. The zero-order valence-electron chi connectivity index (χ0n) is 13.4. The highest BCUT2D eigenvalue weighted by atomic mass is 35.5. The molecule has 140 valence electrons. The van der Waals surface area contributed by atoms with Crippen LogP contribution in [0.15, 0.2) is 58.3 Å². The van der Waals surface area contributed by atoms with Crippen LogP contribution >= 0.6 is 23.4 Å².